The Labute approximate surface area is 130 Å². The monoisotopic (exact) mass is 406 g/mol. The minimum absolute atomic E-state index is 0.00888. The van der Waals surface area contributed by atoms with Crippen LogP contribution < -0.4 is 4.74 Å². The quantitative estimate of drug-likeness (QED) is 0.488. The van der Waals surface area contributed by atoms with Crippen LogP contribution in [0.15, 0.2) is 39.3 Å². The highest BCUT2D eigenvalue weighted by Crippen LogP contribution is 2.36. The zero-order valence-corrected chi connectivity index (χ0v) is 13.2. The molecule has 0 unspecified atom stereocenters. The smallest absolute Gasteiger partial charge is 0.150 e. The molecule has 0 aliphatic carbocycles. The summed E-state index contributed by atoms with van der Waals surface area (Å²) in [6.07, 6.45) is 0.729. The number of benzene rings is 2. The summed E-state index contributed by atoms with van der Waals surface area (Å²) in [6.45, 7) is 0. The SMILES string of the molecule is O=Cc1ccc(Oc2cc(F)c(Cl)cc2Br)c(Br)c1. The van der Waals surface area contributed by atoms with Gasteiger partial charge < -0.3 is 4.74 Å². The third kappa shape index (κ3) is 3.35. The summed E-state index contributed by atoms with van der Waals surface area (Å²) in [4.78, 5) is 10.6. The Balaban J connectivity index is 2.36. The van der Waals surface area contributed by atoms with Crippen molar-refractivity contribution in [3.8, 4) is 11.5 Å². The average Bonchev–Trinajstić information content (AvgIpc) is 2.38. The van der Waals surface area contributed by atoms with Crippen LogP contribution in [-0.2, 0) is 0 Å². The van der Waals surface area contributed by atoms with Gasteiger partial charge in [-0.25, -0.2) is 4.39 Å². The minimum atomic E-state index is -0.569. The summed E-state index contributed by atoms with van der Waals surface area (Å²) in [7, 11) is 0. The van der Waals surface area contributed by atoms with E-state index in [-0.39, 0.29) is 5.02 Å². The first-order valence-corrected chi connectivity index (χ1v) is 7.05. The molecule has 2 nitrogen and oxygen atoms in total. The van der Waals surface area contributed by atoms with Gasteiger partial charge in [-0.3, -0.25) is 4.79 Å². The lowest BCUT2D eigenvalue weighted by Crippen LogP contribution is -1.90. The molecule has 98 valence electrons. The van der Waals surface area contributed by atoms with Gasteiger partial charge in [0, 0.05) is 11.6 Å². The van der Waals surface area contributed by atoms with E-state index in [0.717, 1.165) is 6.29 Å². The summed E-state index contributed by atoms with van der Waals surface area (Å²) in [5.74, 6) is 0.190. The fourth-order valence-corrected chi connectivity index (χ4v) is 2.57. The number of hydrogen-bond donors (Lipinski definition) is 0. The van der Waals surface area contributed by atoms with Crippen molar-refractivity contribution in [2.24, 2.45) is 0 Å². The van der Waals surface area contributed by atoms with E-state index in [9.17, 15) is 9.18 Å². The molecular formula is C13H6Br2ClFO2. The van der Waals surface area contributed by atoms with Crippen molar-refractivity contribution in [2.75, 3.05) is 0 Å². The van der Waals surface area contributed by atoms with Gasteiger partial charge in [0.15, 0.2) is 0 Å². The molecule has 0 saturated carbocycles. The van der Waals surface area contributed by atoms with Gasteiger partial charge in [-0.2, -0.15) is 0 Å². The van der Waals surface area contributed by atoms with E-state index < -0.39 is 5.82 Å². The fourth-order valence-electron chi connectivity index (χ4n) is 1.37. The number of hydrogen-bond acceptors (Lipinski definition) is 2. The summed E-state index contributed by atoms with van der Waals surface area (Å²) >= 11 is 12.2. The third-order valence-corrected chi connectivity index (χ3v) is 3.82. The van der Waals surface area contributed by atoms with Crippen molar-refractivity contribution in [3.05, 3.63) is 55.7 Å². The van der Waals surface area contributed by atoms with Gasteiger partial charge in [0.05, 0.1) is 14.0 Å². The van der Waals surface area contributed by atoms with Gasteiger partial charge in [-0.05, 0) is 56.1 Å². The predicted octanol–water partition coefficient (Wildman–Crippen LogP) is 5.61. The Bertz CT molecular complexity index is 647. The van der Waals surface area contributed by atoms with Crippen LogP contribution in [0, 0.1) is 5.82 Å². The number of carbonyl (C=O) groups excluding carboxylic acids is 1. The van der Waals surface area contributed by atoms with Crippen LogP contribution in [0.3, 0.4) is 0 Å². The molecule has 0 spiro atoms. The van der Waals surface area contributed by atoms with Gasteiger partial charge in [0.25, 0.3) is 0 Å². The topological polar surface area (TPSA) is 26.3 Å². The van der Waals surface area contributed by atoms with Crippen LogP contribution in [-0.4, -0.2) is 6.29 Å². The molecule has 2 aromatic carbocycles. The molecule has 6 heteroatoms. The second kappa shape index (κ2) is 6.03. The molecule has 0 aliphatic heterocycles. The van der Waals surface area contributed by atoms with Crippen molar-refractivity contribution in [3.63, 3.8) is 0 Å². The van der Waals surface area contributed by atoms with Crippen molar-refractivity contribution >= 4 is 49.7 Å². The van der Waals surface area contributed by atoms with Gasteiger partial charge in [-0.1, -0.05) is 11.6 Å². The van der Waals surface area contributed by atoms with Crippen LogP contribution in [0.2, 0.25) is 5.02 Å². The molecule has 19 heavy (non-hydrogen) atoms. The second-order valence-electron chi connectivity index (χ2n) is 3.61. The highest BCUT2D eigenvalue weighted by Gasteiger charge is 2.11. The van der Waals surface area contributed by atoms with Crippen molar-refractivity contribution < 1.29 is 13.9 Å². The van der Waals surface area contributed by atoms with Gasteiger partial charge >= 0.3 is 0 Å². The number of aldehydes is 1. The molecule has 2 rings (SSSR count). The molecule has 2 aromatic rings. The maximum Gasteiger partial charge on any atom is 0.150 e. The van der Waals surface area contributed by atoms with E-state index in [1.807, 2.05) is 0 Å². The first kappa shape index (κ1) is 14.5. The largest absolute Gasteiger partial charge is 0.455 e. The van der Waals surface area contributed by atoms with E-state index in [2.05, 4.69) is 31.9 Å². The number of carbonyl (C=O) groups is 1. The standard InChI is InChI=1S/C13H6Br2ClFO2/c14-8-3-7(6-18)1-2-12(8)19-13-5-11(17)10(16)4-9(13)15/h1-6H. The van der Waals surface area contributed by atoms with E-state index >= 15 is 0 Å². The normalized spacial score (nSPS) is 10.3. The van der Waals surface area contributed by atoms with E-state index in [1.165, 1.54) is 12.1 Å². The van der Waals surface area contributed by atoms with Crippen molar-refractivity contribution in [2.45, 2.75) is 0 Å². The van der Waals surface area contributed by atoms with E-state index in [1.54, 1.807) is 18.2 Å². The van der Waals surface area contributed by atoms with Crippen LogP contribution in [0.5, 0.6) is 11.5 Å². The molecule has 0 saturated heterocycles. The zero-order chi connectivity index (χ0) is 14.0. The first-order valence-electron chi connectivity index (χ1n) is 5.08. The predicted molar refractivity (Wildman–Crippen MR) is 78.7 cm³/mol. The van der Waals surface area contributed by atoms with E-state index in [4.69, 9.17) is 16.3 Å². The number of halogens is 4. The Kier molecular flexibility index (Phi) is 4.60. The number of ether oxygens (including phenoxy) is 1. The van der Waals surface area contributed by atoms with Crippen molar-refractivity contribution in [1.29, 1.82) is 0 Å². The van der Waals surface area contributed by atoms with Crippen LogP contribution in [0.4, 0.5) is 4.39 Å². The number of rotatable bonds is 3. The Morgan fingerprint density at radius 1 is 1.11 bits per heavy atom. The summed E-state index contributed by atoms with van der Waals surface area (Å²) in [5, 5.41) is 0.00888. The van der Waals surface area contributed by atoms with Crippen LogP contribution in [0.1, 0.15) is 10.4 Å². The minimum Gasteiger partial charge on any atom is -0.455 e. The lowest BCUT2D eigenvalue weighted by molar-refractivity contribution is 0.112. The lowest BCUT2D eigenvalue weighted by Gasteiger charge is -2.10. The fraction of sp³-hybridized carbons (Fsp3) is 0. The second-order valence-corrected chi connectivity index (χ2v) is 5.72. The summed E-state index contributed by atoms with van der Waals surface area (Å²) in [5.41, 5.74) is 0.514. The molecule has 0 bridgehead atoms. The van der Waals surface area contributed by atoms with Crippen LogP contribution >= 0.6 is 43.5 Å². The zero-order valence-electron chi connectivity index (χ0n) is 9.29. The third-order valence-electron chi connectivity index (χ3n) is 2.29. The molecule has 0 aliphatic rings. The molecule has 0 radical (unpaired) electrons. The Morgan fingerprint density at radius 3 is 2.42 bits per heavy atom. The molecule has 0 amide bonds. The highest BCUT2D eigenvalue weighted by atomic mass is 79.9. The van der Waals surface area contributed by atoms with Crippen molar-refractivity contribution in [1.82, 2.24) is 0 Å². The highest BCUT2D eigenvalue weighted by molar-refractivity contribution is 9.11. The molecule has 0 heterocycles. The molecular weight excluding hydrogens is 402 g/mol. The maximum atomic E-state index is 13.4. The van der Waals surface area contributed by atoms with Crippen LogP contribution in [0.25, 0.3) is 0 Å². The Morgan fingerprint density at radius 2 is 1.79 bits per heavy atom. The average molecular weight is 408 g/mol. The molecule has 0 aromatic heterocycles. The lowest BCUT2D eigenvalue weighted by atomic mass is 10.2. The maximum absolute atomic E-state index is 13.4. The van der Waals surface area contributed by atoms with Gasteiger partial charge in [0.2, 0.25) is 0 Å². The van der Waals surface area contributed by atoms with Gasteiger partial charge in [0.1, 0.15) is 23.6 Å². The molecule has 0 atom stereocenters. The molecule has 0 fully saturated rings. The molecule has 0 N–H and O–H groups in total. The summed E-state index contributed by atoms with van der Waals surface area (Å²) < 4.78 is 20.1. The van der Waals surface area contributed by atoms with E-state index in [0.29, 0.717) is 26.0 Å². The van der Waals surface area contributed by atoms with Gasteiger partial charge in [-0.15, -0.1) is 0 Å². The Hall–Kier alpha value is -0.910. The summed E-state index contributed by atoms with van der Waals surface area (Å²) in [6, 6.07) is 7.44. The first-order chi connectivity index (χ1) is 9.01.